The van der Waals surface area contributed by atoms with E-state index in [1.165, 1.54) is 30.3 Å². The van der Waals surface area contributed by atoms with Gasteiger partial charge in [0.25, 0.3) is 0 Å². The van der Waals surface area contributed by atoms with Crippen LogP contribution < -0.4 is 20.1 Å². The van der Waals surface area contributed by atoms with Crippen LogP contribution in [0, 0.1) is 24.0 Å². The number of hydrogen-bond acceptors (Lipinski definition) is 10. The van der Waals surface area contributed by atoms with E-state index in [2.05, 4.69) is 20.8 Å². The minimum absolute atomic E-state index is 0.0202. The third-order valence-corrected chi connectivity index (χ3v) is 10.8. The fourth-order valence-corrected chi connectivity index (χ4v) is 8.40. The number of aromatic nitrogens is 3. The molecular weight excluding hydrogens is 661 g/mol. The van der Waals surface area contributed by atoms with Crippen LogP contribution in [-0.2, 0) is 11.3 Å². The first-order valence-electron chi connectivity index (χ1n) is 16.9. The third kappa shape index (κ3) is 5.07. The number of rotatable bonds is 6. The maximum Gasteiger partial charge on any atom is 0.319 e. The summed E-state index contributed by atoms with van der Waals surface area (Å²) in [4.78, 5) is 17.9. The Bertz CT molecular complexity index is 2280. The molecule has 10 nitrogen and oxygen atoms in total. The van der Waals surface area contributed by atoms with Crippen LogP contribution in [0.1, 0.15) is 30.4 Å². The average molecular weight is 695 g/mol. The van der Waals surface area contributed by atoms with Gasteiger partial charge in [0.1, 0.15) is 53.4 Å². The number of terminal acetylenes is 1. The van der Waals surface area contributed by atoms with Crippen LogP contribution in [0.5, 0.6) is 17.5 Å². The topological polar surface area (TPSA) is 119 Å². The van der Waals surface area contributed by atoms with Crippen molar-refractivity contribution in [1.29, 1.82) is 0 Å². The monoisotopic (exact) mass is 694 g/mol. The number of ether oxygens (including phenoxy) is 3. The van der Waals surface area contributed by atoms with Gasteiger partial charge in [0.15, 0.2) is 5.82 Å². The van der Waals surface area contributed by atoms with Crippen LogP contribution in [0.2, 0.25) is 0 Å². The van der Waals surface area contributed by atoms with Crippen LogP contribution in [0.25, 0.3) is 32.8 Å². The lowest BCUT2D eigenvalue weighted by atomic mass is 9.92. The van der Waals surface area contributed by atoms with Gasteiger partial charge >= 0.3 is 6.01 Å². The molecule has 0 bridgehead atoms. The number of nitrogens with zero attached hydrogens (tertiary/aromatic N) is 5. The van der Waals surface area contributed by atoms with Crippen molar-refractivity contribution >= 4 is 33.3 Å². The average Bonchev–Trinajstić information content (AvgIpc) is 3.80. The Kier molecular flexibility index (Phi) is 7.38. The largest absolute Gasteiger partial charge is 0.508 e. The molecule has 51 heavy (non-hydrogen) atoms. The molecule has 0 radical (unpaired) electrons. The molecule has 4 atom stereocenters. The number of alkyl halides is 1. The maximum atomic E-state index is 17.3. The van der Waals surface area contributed by atoms with Crippen molar-refractivity contribution in [2.45, 2.75) is 49.7 Å². The van der Waals surface area contributed by atoms with Gasteiger partial charge in [-0.15, -0.1) is 6.42 Å². The molecule has 6 heterocycles. The fourth-order valence-electron chi connectivity index (χ4n) is 8.40. The lowest BCUT2D eigenvalue weighted by Gasteiger charge is -2.32. The molecule has 9 rings (SSSR count). The molecule has 0 unspecified atom stereocenters. The number of phenols is 1. The van der Waals surface area contributed by atoms with E-state index in [0.717, 1.165) is 19.4 Å². The predicted molar refractivity (Wildman–Crippen MR) is 184 cm³/mol. The molecule has 2 aromatic heterocycles. The third-order valence-electron chi connectivity index (χ3n) is 10.8. The van der Waals surface area contributed by atoms with Gasteiger partial charge in [-0.1, -0.05) is 18.1 Å². The predicted octanol–water partition coefficient (Wildman–Crippen LogP) is 5.51. The first-order chi connectivity index (χ1) is 24.7. The smallest absolute Gasteiger partial charge is 0.319 e. The van der Waals surface area contributed by atoms with Crippen molar-refractivity contribution in [2.24, 2.45) is 0 Å². The summed E-state index contributed by atoms with van der Waals surface area (Å²) in [6, 6.07) is 10.2. The molecule has 3 aromatic carbocycles. The maximum absolute atomic E-state index is 17.3. The van der Waals surface area contributed by atoms with Crippen molar-refractivity contribution in [2.75, 3.05) is 43.5 Å². The highest BCUT2D eigenvalue weighted by atomic mass is 19.1. The van der Waals surface area contributed by atoms with Crippen molar-refractivity contribution in [3.8, 4) is 41.0 Å². The Hall–Kier alpha value is -5.32. The Morgan fingerprint density at radius 3 is 2.84 bits per heavy atom. The molecule has 4 aliphatic heterocycles. The van der Waals surface area contributed by atoms with Crippen LogP contribution in [0.3, 0.4) is 0 Å². The summed E-state index contributed by atoms with van der Waals surface area (Å²) >= 11 is 0. The number of nitrogen functional groups attached to an aromatic ring is 1. The highest BCUT2D eigenvalue weighted by Gasteiger charge is 2.49. The zero-order chi connectivity index (χ0) is 35.0. The SMILES string of the molecule is C#Cc1c(F)ccc2cc(O)cc(-c3cc4c5c(nc(OC[C@@]67CCCN6C[C@H](F)C7)nc5c3F)N(Cc3cccnc3N)[C@H]3COC[C@H]3O4)c12. The number of anilines is 2. The lowest BCUT2D eigenvalue weighted by Crippen LogP contribution is -2.45. The summed E-state index contributed by atoms with van der Waals surface area (Å²) < 4.78 is 65.9. The number of pyridine rings is 1. The van der Waals surface area contributed by atoms with E-state index in [0.29, 0.717) is 40.9 Å². The second kappa shape index (κ2) is 11.9. The van der Waals surface area contributed by atoms with Gasteiger partial charge in [-0.2, -0.15) is 9.97 Å². The van der Waals surface area contributed by atoms with Crippen molar-refractivity contribution < 1.29 is 32.5 Å². The number of nitrogens with two attached hydrogens (primary N) is 1. The molecule has 4 aliphatic rings. The second-order valence-corrected chi connectivity index (χ2v) is 13.7. The van der Waals surface area contributed by atoms with E-state index >= 15 is 8.78 Å². The number of fused-ring (bicyclic) bond motifs is 3. The molecule has 3 N–H and O–H groups in total. The molecule has 0 spiro atoms. The standard InChI is InChI=1S/C38H33F3N6O4/c1-2-24-27(40)7-6-20-11-23(48)12-25(31(20)24)26-13-29-32-34(33(26)41)44-37(50-19-38-8-4-10-46(38)16-22(39)14-38)45-36(32)47(28-17-49-18-30(28)51-29)15-21-5-3-9-43-35(21)42/h1,3,5-7,9,11-13,22,28,30,48H,4,8,10,14-19H2,(H2,42,43)/t22-,28+,30-,38+/m1/s1. The number of phenolic OH excluding ortho intramolecular Hbond substituents is 1. The molecule has 13 heteroatoms. The van der Waals surface area contributed by atoms with E-state index in [9.17, 15) is 9.50 Å². The van der Waals surface area contributed by atoms with E-state index in [1.807, 2.05) is 11.0 Å². The molecule has 260 valence electrons. The van der Waals surface area contributed by atoms with Crippen LogP contribution in [-0.4, -0.2) is 81.7 Å². The number of benzene rings is 3. The van der Waals surface area contributed by atoms with Gasteiger partial charge in [-0.05, 0) is 60.7 Å². The zero-order valence-corrected chi connectivity index (χ0v) is 27.4. The van der Waals surface area contributed by atoms with Crippen molar-refractivity contribution in [3.05, 3.63) is 71.4 Å². The van der Waals surface area contributed by atoms with Crippen LogP contribution in [0.15, 0.2) is 48.7 Å². The van der Waals surface area contributed by atoms with Gasteiger partial charge in [0.2, 0.25) is 0 Å². The number of halogens is 3. The Labute approximate surface area is 291 Å². The van der Waals surface area contributed by atoms with E-state index < -0.39 is 29.4 Å². The first kappa shape index (κ1) is 31.6. The van der Waals surface area contributed by atoms with Gasteiger partial charge in [-0.3, -0.25) is 4.90 Å². The molecule has 0 amide bonds. The summed E-state index contributed by atoms with van der Waals surface area (Å²) in [7, 11) is 0. The summed E-state index contributed by atoms with van der Waals surface area (Å²) in [6.45, 7) is 2.00. The van der Waals surface area contributed by atoms with Crippen LogP contribution >= 0.6 is 0 Å². The molecule has 5 aromatic rings. The summed E-state index contributed by atoms with van der Waals surface area (Å²) in [5.74, 6) is 1.72. The van der Waals surface area contributed by atoms with Gasteiger partial charge in [-0.25, -0.2) is 18.2 Å². The van der Waals surface area contributed by atoms with E-state index in [4.69, 9.17) is 31.4 Å². The quantitative estimate of drug-likeness (QED) is 0.220. The van der Waals surface area contributed by atoms with E-state index in [1.54, 1.807) is 12.3 Å². The van der Waals surface area contributed by atoms with Crippen LogP contribution in [0.4, 0.5) is 24.8 Å². The van der Waals surface area contributed by atoms with Gasteiger partial charge in [0, 0.05) is 42.2 Å². The lowest BCUT2D eigenvalue weighted by molar-refractivity contribution is 0.107. The molecule has 0 aliphatic carbocycles. The Morgan fingerprint density at radius 2 is 2.00 bits per heavy atom. The molecular formula is C38H33F3N6O4. The van der Waals surface area contributed by atoms with Gasteiger partial charge < -0.3 is 30.0 Å². The first-order valence-corrected chi connectivity index (χ1v) is 16.9. The number of hydrogen-bond donors (Lipinski definition) is 2. The van der Waals surface area contributed by atoms with Crippen molar-refractivity contribution in [1.82, 2.24) is 19.9 Å². The Morgan fingerprint density at radius 1 is 1.12 bits per heavy atom. The Balaban J connectivity index is 1.27. The summed E-state index contributed by atoms with van der Waals surface area (Å²) in [5.41, 5.74) is 6.45. The zero-order valence-electron chi connectivity index (χ0n) is 27.4. The number of aromatic hydroxyl groups is 1. The van der Waals surface area contributed by atoms with E-state index in [-0.39, 0.29) is 77.5 Å². The molecule has 3 saturated heterocycles. The molecule has 3 fully saturated rings. The fraction of sp³-hybridized carbons (Fsp3) is 0.342. The van der Waals surface area contributed by atoms with Crippen molar-refractivity contribution in [3.63, 3.8) is 0 Å². The highest BCUT2D eigenvalue weighted by Crippen LogP contribution is 2.47. The highest BCUT2D eigenvalue weighted by molar-refractivity contribution is 6.06. The molecule has 0 saturated carbocycles. The van der Waals surface area contributed by atoms with Gasteiger partial charge in [0.05, 0.1) is 35.7 Å². The summed E-state index contributed by atoms with van der Waals surface area (Å²) in [6.07, 6.45) is 7.90. The minimum Gasteiger partial charge on any atom is -0.508 e. The minimum atomic E-state index is -0.967. The second-order valence-electron chi connectivity index (χ2n) is 13.7. The summed E-state index contributed by atoms with van der Waals surface area (Å²) in [5, 5.41) is 11.7. The normalized spacial score (nSPS) is 24.0.